The van der Waals surface area contributed by atoms with Crippen LogP contribution in [0.5, 0.6) is 34.5 Å². The molecular formula is C66H78N6O12. The first kappa shape index (κ1) is 62.5. The van der Waals surface area contributed by atoms with E-state index in [1.165, 1.54) is 36.0 Å². The van der Waals surface area contributed by atoms with Gasteiger partial charge in [0.2, 0.25) is 17.7 Å². The van der Waals surface area contributed by atoms with Crippen LogP contribution >= 0.6 is 0 Å². The van der Waals surface area contributed by atoms with Gasteiger partial charge >= 0.3 is 0 Å². The molecule has 0 fully saturated rings. The van der Waals surface area contributed by atoms with Crippen molar-refractivity contribution in [2.24, 2.45) is 0 Å². The van der Waals surface area contributed by atoms with Crippen molar-refractivity contribution >= 4 is 35.4 Å². The highest BCUT2D eigenvalue weighted by atomic mass is 16.5. The van der Waals surface area contributed by atoms with Crippen LogP contribution in [0.4, 0.5) is 0 Å². The van der Waals surface area contributed by atoms with Crippen molar-refractivity contribution in [3.8, 4) is 34.5 Å². The lowest BCUT2D eigenvalue weighted by Crippen LogP contribution is -2.46. The fraction of sp³-hybridized carbons (Fsp3) is 0.364. The Morgan fingerprint density at radius 3 is 0.810 bits per heavy atom. The van der Waals surface area contributed by atoms with Crippen molar-refractivity contribution in [3.05, 3.63) is 177 Å². The lowest BCUT2D eigenvalue weighted by atomic mass is 9.94. The molecule has 0 saturated carbocycles. The third-order valence-corrected chi connectivity index (χ3v) is 14.4. The maximum absolute atomic E-state index is 13.9. The number of benzene rings is 6. The van der Waals surface area contributed by atoms with Crippen LogP contribution in [0.2, 0.25) is 0 Å². The number of rotatable bonds is 27. The van der Waals surface area contributed by atoms with Crippen LogP contribution in [-0.2, 0) is 67.7 Å². The monoisotopic (exact) mass is 1150 g/mol. The second-order valence-electron chi connectivity index (χ2n) is 21.3. The summed E-state index contributed by atoms with van der Waals surface area (Å²) in [4.78, 5) is 85.5. The second-order valence-corrected chi connectivity index (χ2v) is 21.3. The van der Waals surface area contributed by atoms with E-state index < -0.39 is 17.7 Å². The van der Waals surface area contributed by atoms with Crippen LogP contribution in [0, 0.1) is 0 Å². The lowest BCUT2D eigenvalue weighted by Gasteiger charge is -2.26. The summed E-state index contributed by atoms with van der Waals surface area (Å²) in [5, 5.41) is 8.70. The molecule has 0 atom stereocenters. The number of amides is 6. The van der Waals surface area contributed by atoms with Crippen LogP contribution in [0.1, 0.15) is 91.6 Å². The molecule has 0 heterocycles. The molecule has 6 amide bonds. The molecule has 0 radical (unpaired) electrons. The molecule has 7 rings (SSSR count). The van der Waals surface area contributed by atoms with Crippen molar-refractivity contribution in [2.75, 3.05) is 60.8 Å². The summed E-state index contributed by atoms with van der Waals surface area (Å²) in [6.45, 7) is 10.3. The molecule has 444 valence electrons. The molecule has 18 nitrogen and oxygen atoms in total. The molecule has 0 saturated heterocycles. The van der Waals surface area contributed by atoms with Crippen molar-refractivity contribution in [2.45, 2.75) is 98.6 Å². The Balaban J connectivity index is 1.18. The van der Waals surface area contributed by atoms with E-state index in [0.717, 1.165) is 50.1 Å². The van der Waals surface area contributed by atoms with Gasteiger partial charge in [0, 0.05) is 37.8 Å². The van der Waals surface area contributed by atoms with E-state index >= 15 is 0 Å². The van der Waals surface area contributed by atoms with E-state index in [2.05, 4.69) is 16.0 Å². The topological polar surface area (TPSA) is 204 Å². The molecule has 1 aliphatic carbocycles. The average molecular weight is 1150 g/mol. The van der Waals surface area contributed by atoms with Crippen LogP contribution in [0.3, 0.4) is 0 Å². The highest BCUT2D eigenvalue weighted by Gasteiger charge is 2.28. The first-order valence-electron chi connectivity index (χ1n) is 28.2. The Labute approximate surface area is 492 Å². The average Bonchev–Trinajstić information content (AvgIpc) is 3.36. The Bertz CT molecular complexity index is 2890. The van der Waals surface area contributed by atoms with Gasteiger partial charge in [-0.15, -0.1) is 0 Å². The lowest BCUT2D eigenvalue weighted by molar-refractivity contribution is -0.139. The molecule has 6 aromatic carbocycles. The summed E-state index contributed by atoms with van der Waals surface area (Å²) in [6, 6.07) is 38.8. The summed E-state index contributed by atoms with van der Waals surface area (Å²) in [6.07, 6.45) is 1.04. The molecule has 0 unspecified atom stereocenters. The minimum atomic E-state index is -0.397. The van der Waals surface area contributed by atoms with Gasteiger partial charge in [0.05, 0.1) is 41.0 Å². The third kappa shape index (κ3) is 17.5. The third-order valence-electron chi connectivity index (χ3n) is 14.4. The van der Waals surface area contributed by atoms with Crippen LogP contribution in [-0.4, -0.2) is 129 Å². The van der Waals surface area contributed by atoms with Gasteiger partial charge in [0.1, 0.15) is 0 Å². The first-order chi connectivity index (χ1) is 40.4. The summed E-state index contributed by atoms with van der Waals surface area (Å²) in [5.41, 5.74) is 7.83. The predicted octanol–water partition coefficient (Wildman–Crippen LogP) is 7.59. The van der Waals surface area contributed by atoms with E-state index in [0.29, 0.717) is 73.4 Å². The highest BCUT2D eigenvalue weighted by molar-refractivity contribution is 5.87. The van der Waals surface area contributed by atoms with Gasteiger partial charge in [-0.25, -0.2) is 0 Å². The normalized spacial score (nSPS) is 11.6. The van der Waals surface area contributed by atoms with E-state index in [4.69, 9.17) is 28.4 Å². The zero-order chi connectivity index (χ0) is 60.3. The van der Waals surface area contributed by atoms with Crippen LogP contribution < -0.4 is 44.4 Å². The number of fused-ring (bicyclic) bond motifs is 3. The van der Waals surface area contributed by atoms with Gasteiger partial charge in [0.25, 0.3) is 17.7 Å². The number of methoxy groups -OCH3 is 3. The molecule has 84 heavy (non-hydrogen) atoms. The zero-order valence-corrected chi connectivity index (χ0v) is 49.6. The number of nitrogens with zero attached hydrogens (tertiary/aromatic N) is 3. The van der Waals surface area contributed by atoms with Crippen molar-refractivity contribution in [3.63, 3.8) is 0 Å². The van der Waals surface area contributed by atoms with Gasteiger partial charge in [0.15, 0.2) is 54.3 Å². The molecule has 6 aromatic rings. The predicted molar refractivity (Wildman–Crippen MR) is 319 cm³/mol. The highest BCUT2D eigenvalue weighted by Crippen LogP contribution is 2.41. The molecule has 0 aromatic heterocycles. The molecule has 18 heteroatoms. The molecule has 0 spiro atoms. The molecular weight excluding hydrogens is 1070 g/mol. The summed E-state index contributed by atoms with van der Waals surface area (Å²) in [7, 11) is 4.56. The van der Waals surface area contributed by atoms with Gasteiger partial charge < -0.3 is 59.1 Å². The number of carbonyl (C=O) groups is 6. The van der Waals surface area contributed by atoms with Crippen molar-refractivity contribution < 1.29 is 57.2 Å². The molecule has 0 bridgehead atoms. The fourth-order valence-electron chi connectivity index (χ4n) is 9.72. The summed E-state index contributed by atoms with van der Waals surface area (Å²) < 4.78 is 36.8. The maximum Gasteiger partial charge on any atom is 0.261 e. The SMILES string of the molecule is COc1cc2c(cc1OCC(=O)N(CC(=O)NCc1ccccc1)C(C)C)Cc1cc(OC)c(OCC(=O)N(CC(=O)NCc3ccccc3)C(C)C)cc1Cc1cc(OC)c(OCC(=O)N(CC(=O)NCc3ccccc3)C(C)C)cc1C2. The Morgan fingerprint density at radius 2 is 0.595 bits per heavy atom. The van der Waals surface area contributed by atoms with Crippen LogP contribution in [0.25, 0.3) is 0 Å². The largest absolute Gasteiger partial charge is 0.493 e. The summed E-state index contributed by atoms with van der Waals surface area (Å²) in [5.74, 6) is -0.107. The molecule has 1 aliphatic rings. The molecule has 3 N–H and O–H groups in total. The standard InChI is InChI=1S/C66H78N6O12/c1-43(2)70(37-61(73)67-34-46-19-13-10-14-20-46)64(76)40-82-58-31-52-25-50-29-56(80-8)60(84-42-66(78)72(45(5)6)39-63(75)69-36-48-23-17-12-18-24-48)33-54(50)27-51-30-57(81-9)59(32-53(51)26-49(52)28-55(58)79-7)83-41-65(77)71(44(3)4)38-62(74)68-35-47-21-15-11-16-22-47/h10-24,28-33,43-45H,25-27,34-42H2,1-9H3,(H,67,73)(H,68,74)(H,69,75). The van der Waals surface area contributed by atoms with E-state index in [9.17, 15) is 28.8 Å². The van der Waals surface area contributed by atoms with E-state index in [-0.39, 0.29) is 75.3 Å². The second kappa shape index (κ2) is 30.3. The maximum atomic E-state index is 13.9. The number of ether oxygens (including phenoxy) is 6. The van der Waals surface area contributed by atoms with E-state index in [1.54, 1.807) is 0 Å². The van der Waals surface area contributed by atoms with Gasteiger partial charge in [-0.1, -0.05) is 91.0 Å². The van der Waals surface area contributed by atoms with Crippen molar-refractivity contribution in [1.29, 1.82) is 0 Å². The fourth-order valence-corrected chi connectivity index (χ4v) is 9.72. The quantitative estimate of drug-likeness (QED) is 0.0456. The number of nitrogens with one attached hydrogen (secondary N) is 3. The molecule has 0 aliphatic heterocycles. The van der Waals surface area contributed by atoms with Crippen LogP contribution in [0.15, 0.2) is 127 Å². The minimum absolute atomic E-state index is 0.165. The Kier molecular flexibility index (Phi) is 22.6. The summed E-state index contributed by atoms with van der Waals surface area (Å²) >= 11 is 0. The van der Waals surface area contributed by atoms with Gasteiger partial charge in [-0.2, -0.15) is 0 Å². The zero-order valence-electron chi connectivity index (χ0n) is 49.6. The first-order valence-corrected chi connectivity index (χ1v) is 28.2. The van der Waals surface area contributed by atoms with E-state index in [1.807, 2.05) is 169 Å². The number of carbonyl (C=O) groups excluding carboxylic acids is 6. The Hall–Kier alpha value is -9.06. The number of hydrogen-bond donors (Lipinski definition) is 3. The minimum Gasteiger partial charge on any atom is -0.493 e. The van der Waals surface area contributed by atoms with Crippen molar-refractivity contribution in [1.82, 2.24) is 30.7 Å². The Morgan fingerprint density at radius 1 is 0.369 bits per heavy atom. The van der Waals surface area contributed by atoms with Gasteiger partial charge in [-0.05, 0) is 147 Å². The smallest absolute Gasteiger partial charge is 0.261 e. The van der Waals surface area contributed by atoms with Gasteiger partial charge in [-0.3, -0.25) is 28.8 Å². The number of hydrogen-bond acceptors (Lipinski definition) is 12.